The molecule has 0 atom stereocenters. The summed E-state index contributed by atoms with van der Waals surface area (Å²) in [5.74, 6) is 2.13. The number of rotatable bonds is 13. The Morgan fingerprint density at radius 2 is 0.908 bits per heavy atom. The third-order valence-electron chi connectivity index (χ3n) is 13.5. The third kappa shape index (κ3) is 15.1. The Bertz CT molecular complexity index is 4880. The molecule has 0 amide bonds. The van der Waals surface area contributed by atoms with E-state index in [9.17, 15) is 34.8 Å². The van der Waals surface area contributed by atoms with E-state index in [1.807, 2.05) is 127 Å². The Balaban J connectivity index is 0.000000145. The third-order valence-corrected chi connectivity index (χ3v) is 16.0. The zero-order valence-corrected chi connectivity index (χ0v) is 49.3. The Morgan fingerprint density at radius 1 is 0.494 bits per heavy atom. The second-order valence-electron chi connectivity index (χ2n) is 19.8. The topological polar surface area (TPSA) is 209 Å². The Morgan fingerprint density at radius 3 is 1.37 bits per heavy atom. The molecule has 0 fully saturated rings. The number of aromatic amines is 3. The monoisotopic (exact) mass is 1240 g/mol. The average molecular weight is 1240 g/mol. The number of carbonyl (C=O) groups is 1. The number of alkyl halides is 3. The zero-order chi connectivity index (χ0) is 61.5. The van der Waals surface area contributed by atoms with Crippen molar-refractivity contribution in [2.75, 3.05) is 4.72 Å². The number of benzene rings is 9. The number of aromatic nitrogens is 6. The van der Waals surface area contributed by atoms with Gasteiger partial charge in [0.25, 0.3) is 0 Å². The summed E-state index contributed by atoms with van der Waals surface area (Å²) in [5.41, 5.74) is 8.16. The number of H-pyrrole nitrogens is 3. The van der Waals surface area contributed by atoms with Crippen LogP contribution in [0.4, 0.5) is 18.9 Å². The number of anilines is 1. The van der Waals surface area contributed by atoms with Crippen LogP contribution >= 0.6 is 23.2 Å². The summed E-state index contributed by atoms with van der Waals surface area (Å²) in [5, 5.41) is 6.63. The number of sulfonamides is 2. The number of para-hydroxylation sites is 1. The molecule has 0 aliphatic rings. The molecule has 0 spiro atoms. The van der Waals surface area contributed by atoms with Crippen LogP contribution in [0.5, 0.6) is 0 Å². The molecule has 0 aliphatic carbocycles. The van der Waals surface area contributed by atoms with Crippen molar-refractivity contribution in [3.05, 3.63) is 256 Å². The SMILES string of the molecule is CC(=O)c1ccccc1-c1ccc2nc(/C=C/c3cccc(C)c3)[nH]c2c1.NS(=O)(=O)c1ccccc1-c1ccc2nc(/C=C/c3cccc(Cl)c3)[nH]c2c1.O=S(=O)(Nc1ccccc1-c1ccc2nc(/C=C/c3cccc(Cl)c3)[nH]c2c1)C(F)(F)F. The van der Waals surface area contributed by atoms with Crippen molar-refractivity contribution < 1.29 is 34.8 Å². The van der Waals surface area contributed by atoms with Crippen LogP contribution in [-0.4, -0.2) is 58.0 Å². The number of imidazole rings is 3. The summed E-state index contributed by atoms with van der Waals surface area (Å²) >= 11 is 12.0. The lowest BCUT2D eigenvalue weighted by Gasteiger charge is -2.14. The Hall–Kier alpha value is -9.69. The van der Waals surface area contributed by atoms with Crippen LogP contribution in [-0.2, 0) is 20.0 Å². The smallest absolute Gasteiger partial charge is 0.338 e. The minimum Gasteiger partial charge on any atom is -0.338 e. The maximum absolute atomic E-state index is 12.8. The highest BCUT2D eigenvalue weighted by molar-refractivity contribution is 7.93. The molecule has 0 saturated carbocycles. The first-order valence-corrected chi connectivity index (χ1v) is 30.4. The fourth-order valence-corrected chi connectivity index (χ4v) is 11.1. The molecule has 13 nitrogen and oxygen atoms in total. The molecule has 20 heteroatoms. The highest BCUT2D eigenvalue weighted by Crippen LogP contribution is 2.35. The Kier molecular flexibility index (Phi) is 18.0. The predicted molar refractivity (Wildman–Crippen MR) is 345 cm³/mol. The summed E-state index contributed by atoms with van der Waals surface area (Å²) in [4.78, 5) is 35.4. The van der Waals surface area contributed by atoms with Gasteiger partial charge in [0.2, 0.25) is 10.0 Å². The molecular formula is C67H51Cl2F3N8O5S2. The number of nitrogens with one attached hydrogen (secondary N) is 4. The van der Waals surface area contributed by atoms with Crippen molar-refractivity contribution in [1.82, 2.24) is 29.9 Å². The van der Waals surface area contributed by atoms with Crippen molar-refractivity contribution in [1.29, 1.82) is 0 Å². The van der Waals surface area contributed by atoms with Crippen LogP contribution in [0.2, 0.25) is 10.0 Å². The lowest BCUT2D eigenvalue weighted by molar-refractivity contribution is -0.0429. The predicted octanol–water partition coefficient (Wildman–Crippen LogP) is 16.9. The first-order chi connectivity index (χ1) is 41.6. The largest absolute Gasteiger partial charge is 0.516 e. The average Bonchev–Trinajstić information content (AvgIpc) is 2.64. The van der Waals surface area contributed by atoms with Gasteiger partial charge >= 0.3 is 15.5 Å². The number of primary sulfonamides is 1. The van der Waals surface area contributed by atoms with Crippen LogP contribution < -0.4 is 9.86 Å². The van der Waals surface area contributed by atoms with E-state index in [0.717, 1.165) is 66.8 Å². The van der Waals surface area contributed by atoms with E-state index in [0.29, 0.717) is 49.4 Å². The van der Waals surface area contributed by atoms with E-state index >= 15 is 0 Å². The lowest BCUT2D eigenvalue weighted by atomic mass is 9.97. The molecule has 0 radical (unpaired) electrons. The van der Waals surface area contributed by atoms with Gasteiger partial charge in [-0.3, -0.25) is 9.52 Å². The minimum atomic E-state index is -5.55. The molecular weight excluding hydrogens is 1190 g/mol. The number of carbonyl (C=O) groups excluding carboxylic acids is 1. The zero-order valence-electron chi connectivity index (χ0n) is 46.2. The molecule has 12 aromatic rings. The first-order valence-electron chi connectivity index (χ1n) is 26.6. The lowest BCUT2D eigenvalue weighted by Crippen LogP contribution is -2.30. The van der Waals surface area contributed by atoms with Gasteiger partial charge in [0, 0.05) is 26.7 Å². The van der Waals surface area contributed by atoms with Crippen molar-refractivity contribution in [3.8, 4) is 33.4 Å². The van der Waals surface area contributed by atoms with Crippen LogP contribution in [0.3, 0.4) is 0 Å². The number of fused-ring (bicyclic) bond motifs is 3. The first kappa shape index (κ1) is 60.4. The second-order valence-corrected chi connectivity index (χ2v) is 23.9. The van der Waals surface area contributed by atoms with E-state index in [-0.39, 0.29) is 16.4 Å². The maximum atomic E-state index is 12.8. The standard InChI is InChI=1S/C24H20N2O.C22H15ClF3N3O2S.C21H16ClN3O2S/c1-16-6-5-7-18(14-16)10-13-24-25-22-12-11-19(15-23(22)26-24)21-9-4-3-8-20(21)17(2)27;23-16-5-3-4-14(12-16)8-11-21-27-19-10-9-15(13-20(19)28-21)17-6-1-2-7-18(17)29-32(30,31)22(24,25)26;22-16-5-3-4-14(12-16)8-11-21-24-18-10-9-15(13-19(18)25-21)17-6-1-2-7-20(17)28(23,26)27/h3-15H,1-2H3,(H,25,26);1-13,29H,(H,27,28);1-13H,(H,24,25)(H2,23,26,27)/b13-10+;2*11-8+. The number of halogens is 5. The fourth-order valence-electron chi connectivity index (χ4n) is 9.37. The maximum Gasteiger partial charge on any atom is 0.516 e. The van der Waals surface area contributed by atoms with Crippen LogP contribution in [0.1, 0.15) is 57.0 Å². The van der Waals surface area contributed by atoms with Crippen LogP contribution in [0.15, 0.2) is 205 Å². The number of ketones is 1. The quantitative estimate of drug-likeness (QED) is 0.0700. The highest BCUT2D eigenvalue weighted by atomic mass is 35.5. The highest BCUT2D eigenvalue weighted by Gasteiger charge is 2.46. The summed E-state index contributed by atoms with van der Waals surface area (Å²) < 4.78 is 86.9. The van der Waals surface area contributed by atoms with Gasteiger partial charge in [0.15, 0.2) is 5.78 Å². The minimum absolute atomic E-state index is 0.0667. The summed E-state index contributed by atoms with van der Waals surface area (Å²) in [6.45, 7) is 3.68. The van der Waals surface area contributed by atoms with Gasteiger partial charge in [-0.05, 0) is 144 Å². The molecule has 87 heavy (non-hydrogen) atoms. The molecule has 0 saturated heterocycles. The van der Waals surface area contributed by atoms with Gasteiger partial charge in [-0.2, -0.15) is 21.6 Å². The van der Waals surface area contributed by atoms with Crippen LogP contribution in [0.25, 0.3) is 103 Å². The number of hydrogen-bond acceptors (Lipinski definition) is 8. The van der Waals surface area contributed by atoms with E-state index in [1.54, 1.807) is 72.3 Å². The molecule has 436 valence electrons. The van der Waals surface area contributed by atoms with Crippen molar-refractivity contribution in [2.24, 2.45) is 5.14 Å². The van der Waals surface area contributed by atoms with Gasteiger partial charge in [0.1, 0.15) is 17.5 Å². The van der Waals surface area contributed by atoms with Crippen molar-refractivity contribution >= 4 is 124 Å². The molecule has 0 bridgehead atoms. The van der Waals surface area contributed by atoms with Gasteiger partial charge in [-0.25, -0.2) is 28.5 Å². The number of nitrogens with two attached hydrogens (primary N) is 1. The number of Topliss-reactive ketones (excluding diaryl/α,β-unsaturated/α-hetero) is 1. The number of aryl methyl sites for hydroxylation is 1. The molecule has 12 rings (SSSR count). The molecule has 3 heterocycles. The van der Waals surface area contributed by atoms with Crippen molar-refractivity contribution in [2.45, 2.75) is 24.3 Å². The van der Waals surface area contributed by atoms with E-state index in [1.165, 1.54) is 29.8 Å². The van der Waals surface area contributed by atoms with Gasteiger partial charge in [-0.1, -0.05) is 174 Å². The summed E-state index contributed by atoms with van der Waals surface area (Å²) in [7, 11) is -9.37. The second kappa shape index (κ2) is 25.9. The summed E-state index contributed by atoms with van der Waals surface area (Å²) in [6.07, 6.45) is 11.4. The van der Waals surface area contributed by atoms with Gasteiger partial charge in [0.05, 0.1) is 43.7 Å². The number of hydrogen-bond donors (Lipinski definition) is 5. The normalized spacial score (nSPS) is 12.0. The Labute approximate surface area is 508 Å². The molecule has 0 unspecified atom stereocenters. The molecule has 9 aromatic carbocycles. The van der Waals surface area contributed by atoms with E-state index in [4.69, 9.17) is 28.3 Å². The molecule has 3 aromatic heterocycles. The number of nitrogens with zero attached hydrogens (tertiary/aromatic N) is 3. The van der Waals surface area contributed by atoms with E-state index in [2.05, 4.69) is 61.1 Å². The van der Waals surface area contributed by atoms with Gasteiger partial charge < -0.3 is 15.0 Å². The molecule has 6 N–H and O–H groups in total. The van der Waals surface area contributed by atoms with Crippen molar-refractivity contribution in [3.63, 3.8) is 0 Å². The van der Waals surface area contributed by atoms with E-state index < -0.39 is 25.6 Å². The van der Waals surface area contributed by atoms with Crippen LogP contribution in [0, 0.1) is 6.92 Å². The molecule has 0 aliphatic heterocycles. The fraction of sp³-hybridized carbons (Fsp3) is 0.0448. The summed E-state index contributed by atoms with van der Waals surface area (Å²) in [6, 6.07) is 60.0. The van der Waals surface area contributed by atoms with Gasteiger partial charge in [-0.15, -0.1) is 0 Å².